The molecule has 1 heterocycles. The third-order valence-corrected chi connectivity index (χ3v) is 4.70. The van der Waals surface area contributed by atoms with Crippen LogP contribution in [0.25, 0.3) is 11.3 Å². The van der Waals surface area contributed by atoms with Crippen molar-refractivity contribution in [2.24, 2.45) is 0 Å². The minimum atomic E-state index is -0.711. The maximum Gasteiger partial charge on any atom is 0.221 e. The van der Waals surface area contributed by atoms with Crippen molar-refractivity contribution in [1.82, 2.24) is 5.32 Å². The van der Waals surface area contributed by atoms with Gasteiger partial charge in [-0.25, -0.2) is 4.39 Å². The average molecular weight is 340 g/mol. The van der Waals surface area contributed by atoms with Crippen LogP contribution >= 0.6 is 0 Å². The van der Waals surface area contributed by atoms with Crippen molar-refractivity contribution in [1.29, 1.82) is 5.26 Å². The van der Waals surface area contributed by atoms with Crippen LogP contribution in [0.4, 0.5) is 4.39 Å². The molecular formula is C20H21FN2O2. The zero-order valence-electron chi connectivity index (χ0n) is 14.1. The van der Waals surface area contributed by atoms with Crippen LogP contribution in [-0.2, 0) is 11.2 Å². The quantitative estimate of drug-likeness (QED) is 0.879. The topological polar surface area (TPSA) is 66.0 Å². The largest absolute Gasteiger partial charge is 0.461 e. The van der Waals surface area contributed by atoms with Gasteiger partial charge in [-0.15, -0.1) is 0 Å². The van der Waals surface area contributed by atoms with Crippen molar-refractivity contribution in [2.45, 2.75) is 50.5 Å². The molecule has 4 nitrogen and oxygen atoms in total. The lowest BCUT2D eigenvalue weighted by atomic mass is 9.83. The molecule has 1 fully saturated rings. The number of nitrogens with one attached hydrogen (secondary N) is 1. The van der Waals surface area contributed by atoms with E-state index in [1.54, 1.807) is 30.3 Å². The lowest BCUT2D eigenvalue weighted by Gasteiger charge is -2.31. The van der Waals surface area contributed by atoms with Gasteiger partial charge in [0.25, 0.3) is 0 Å². The minimum absolute atomic E-state index is 0.146. The number of halogens is 1. The van der Waals surface area contributed by atoms with Gasteiger partial charge in [0.2, 0.25) is 5.91 Å². The number of aryl methyl sites for hydroxylation is 1. The molecular weight excluding hydrogens is 319 g/mol. The van der Waals surface area contributed by atoms with Crippen LogP contribution in [-0.4, -0.2) is 11.4 Å². The van der Waals surface area contributed by atoms with Gasteiger partial charge in [-0.2, -0.15) is 5.26 Å². The second-order valence-electron chi connectivity index (χ2n) is 6.55. The molecule has 0 bridgehead atoms. The number of rotatable bonds is 5. The summed E-state index contributed by atoms with van der Waals surface area (Å²) < 4.78 is 19.4. The number of nitrogens with zero attached hydrogens (tertiary/aromatic N) is 1. The molecule has 1 N–H and O–H groups in total. The van der Waals surface area contributed by atoms with Crippen LogP contribution in [0, 0.1) is 17.1 Å². The first-order valence-corrected chi connectivity index (χ1v) is 8.68. The Morgan fingerprint density at radius 3 is 2.68 bits per heavy atom. The van der Waals surface area contributed by atoms with Crippen LogP contribution in [0.2, 0.25) is 0 Å². The van der Waals surface area contributed by atoms with Crippen molar-refractivity contribution in [2.75, 3.05) is 0 Å². The first-order chi connectivity index (χ1) is 12.1. The molecule has 1 aromatic carbocycles. The number of benzene rings is 1. The van der Waals surface area contributed by atoms with Gasteiger partial charge < -0.3 is 9.73 Å². The van der Waals surface area contributed by atoms with E-state index in [2.05, 4.69) is 11.4 Å². The van der Waals surface area contributed by atoms with Gasteiger partial charge in [0.05, 0.1) is 11.6 Å². The fourth-order valence-electron chi connectivity index (χ4n) is 3.30. The van der Waals surface area contributed by atoms with E-state index in [1.165, 1.54) is 6.07 Å². The van der Waals surface area contributed by atoms with E-state index in [9.17, 15) is 14.4 Å². The van der Waals surface area contributed by atoms with Crippen molar-refractivity contribution in [3.63, 3.8) is 0 Å². The molecule has 0 aliphatic heterocycles. The lowest BCUT2D eigenvalue weighted by Crippen LogP contribution is -2.48. The number of amides is 1. The molecule has 130 valence electrons. The highest BCUT2D eigenvalue weighted by molar-refractivity contribution is 5.77. The number of carbonyl (C=O) groups excluding carboxylic acids is 1. The zero-order valence-corrected chi connectivity index (χ0v) is 14.1. The molecule has 1 aliphatic carbocycles. The normalized spacial score (nSPS) is 16.2. The second-order valence-corrected chi connectivity index (χ2v) is 6.55. The van der Waals surface area contributed by atoms with Crippen LogP contribution in [0.1, 0.15) is 44.3 Å². The Bertz CT molecular complexity index is 785. The predicted molar refractivity (Wildman–Crippen MR) is 92.0 cm³/mol. The molecule has 0 radical (unpaired) electrons. The van der Waals surface area contributed by atoms with Crippen LogP contribution in [0.5, 0.6) is 0 Å². The molecule has 1 aromatic heterocycles. The summed E-state index contributed by atoms with van der Waals surface area (Å²) in [6.07, 6.45) is 5.15. The predicted octanol–water partition coefficient (Wildman–Crippen LogP) is 4.36. The molecule has 2 aromatic rings. The van der Waals surface area contributed by atoms with Crippen molar-refractivity contribution in [3.8, 4) is 17.4 Å². The molecule has 3 rings (SSSR count). The Morgan fingerprint density at radius 1 is 1.20 bits per heavy atom. The van der Waals surface area contributed by atoms with Gasteiger partial charge >= 0.3 is 0 Å². The van der Waals surface area contributed by atoms with Gasteiger partial charge in [0.15, 0.2) is 0 Å². The Kier molecular flexibility index (Phi) is 5.18. The minimum Gasteiger partial charge on any atom is -0.461 e. The molecule has 0 saturated heterocycles. The molecule has 0 unspecified atom stereocenters. The SMILES string of the molecule is N#CC1(NC(=O)CCc2ccc(-c3ccccc3F)o2)CCCCC1. The molecule has 1 amide bonds. The Hall–Kier alpha value is -2.61. The summed E-state index contributed by atoms with van der Waals surface area (Å²) in [5, 5.41) is 12.3. The first kappa shape index (κ1) is 17.2. The molecule has 5 heteroatoms. The standard InChI is InChI=1S/C20H21FN2O2/c21-17-7-3-2-6-16(17)18-10-8-15(25-18)9-11-19(24)23-20(14-22)12-4-1-5-13-20/h2-3,6-8,10H,1,4-5,9,11-13H2,(H,23,24). The van der Waals surface area contributed by atoms with Crippen molar-refractivity contribution in [3.05, 3.63) is 48.0 Å². The van der Waals surface area contributed by atoms with E-state index >= 15 is 0 Å². The first-order valence-electron chi connectivity index (χ1n) is 8.68. The van der Waals surface area contributed by atoms with Crippen LogP contribution in [0.3, 0.4) is 0 Å². The smallest absolute Gasteiger partial charge is 0.221 e. The highest BCUT2D eigenvalue weighted by Gasteiger charge is 2.33. The van der Waals surface area contributed by atoms with E-state index in [4.69, 9.17) is 4.42 Å². The third kappa shape index (κ3) is 4.08. The van der Waals surface area contributed by atoms with Crippen molar-refractivity contribution < 1.29 is 13.6 Å². The summed E-state index contributed by atoms with van der Waals surface area (Å²) in [4.78, 5) is 12.2. The lowest BCUT2D eigenvalue weighted by molar-refractivity contribution is -0.122. The molecule has 25 heavy (non-hydrogen) atoms. The van der Waals surface area contributed by atoms with Gasteiger partial charge in [-0.1, -0.05) is 31.4 Å². The number of furan rings is 1. The highest BCUT2D eigenvalue weighted by atomic mass is 19.1. The number of nitriles is 1. The summed E-state index contributed by atoms with van der Waals surface area (Å²) >= 11 is 0. The number of carbonyl (C=O) groups is 1. The number of hydrogen-bond donors (Lipinski definition) is 1. The number of hydrogen-bond acceptors (Lipinski definition) is 3. The second kappa shape index (κ2) is 7.52. The summed E-state index contributed by atoms with van der Waals surface area (Å²) in [5.74, 6) is 0.596. The van der Waals surface area contributed by atoms with Gasteiger partial charge in [-0.05, 0) is 37.1 Å². The van der Waals surface area contributed by atoms with Gasteiger partial charge in [0.1, 0.15) is 22.9 Å². The van der Waals surface area contributed by atoms with Crippen molar-refractivity contribution >= 4 is 5.91 Å². The third-order valence-electron chi connectivity index (χ3n) is 4.70. The monoisotopic (exact) mass is 340 g/mol. The summed E-state index contributed by atoms with van der Waals surface area (Å²) in [5.41, 5.74) is -0.305. The van der Waals surface area contributed by atoms with Gasteiger partial charge in [-0.3, -0.25) is 4.79 Å². The van der Waals surface area contributed by atoms with E-state index in [-0.39, 0.29) is 18.1 Å². The van der Waals surface area contributed by atoms with Crippen LogP contribution in [0.15, 0.2) is 40.8 Å². The van der Waals surface area contributed by atoms with E-state index in [0.717, 1.165) is 19.3 Å². The zero-order chi connectivity index (χ0) is 17.7. The summed E-state index contributed by atoms with van der Waals surface area (Å²) in [6, 6.07) is 12.2. The van der Waals surface area contributed by atoms with Gasteiger partial charge in [0, 0.05) is 12.8 Å². The average Bonchev–Trinajstić information content (AvgIpc) is 3.10. The molecule has 1 saturated carbocycles. The Labute approximate surface area is 146 Å². The molecule has 0 spiro atoms. The molecule has 1 aliphatic rings. The van der Waals surface area contributed by atoms with E-state index in [0.29, 0.717) is 36.3 Å². The molecule has 0 atom stereocenters. The highest BCUT2D eigenvalue weighted by Crippen LogP contribution is 2.28. The summed E-state index contributed by atoms with van der Waals surface area (Å²) in [7, 11) is 0. The Morgan fingerprint density at radius 2 is 1.96 bits per heavy atom. The summed E-state index contributed by atoms with van der Waals surface area (Å²) in [6.45, 7) is 0. The maximum absolute atomic E-state index is 13.8. The van der Waals surface area contributed by atoms with E-state index in [1.807, 2.05) is 0 Å². The fourth-order valence-corrected chi connectivity index (χ4v) is 3.30. The Balaban J connectivity index is 1.58. The van der Waals surface area contributed by atoms with E-state index < -0.39 is 5.54 Å². The maximum atomic E-state index is 13.8. The van der Waals surface area contributed by atoms with Crippen LogP contribution < -0.4 is 5.32 Å². The fraction of sp³-hybridized carbons (Fsp3) is 0.400.